The lowest BCUT2D eigenvalue weighted by molar-refractivity contribution is -0.116. The molecule has 0 radical (unpaired) electrons. The van der Waals surface area contributed by atoms with Crippen LogP contribution in [-0.4, -0.2) is 48.5 Å². The van der Waals surface area contributed by atoms with E-state index in [1.54, 1.807) is 32.1 Å². The molecule has 1 aliphatic heterocycles. The summed E-state index contributed by atoms with van der Waals surface area (Å²) in [7, 11) is 4.81. The molecule has 0 spiro atoms. The Morgan fingerprint density at radius 1 is 1.00 bits per heavy atom. The molecule has 1 unspecified atom stereocenters. The van der Waals surface area contributed by atoms with E-state index in [1.807, 2.05) is 37.3 Å². The molecule has 0 amide bonds. The van der Waals surface area contributed by atoms with Gasteiger partial charge in [0.05, 0.1) is 27.9 Å². The monoisotopic (exact) mass is 476 g/mol. The highest BCUT2D eigenvalue weighted by Gasteiger charge is 2.37. The predicted molar refractivity (Wildman–Crippen MR) is 130 cm³/mol. The standard InChI is InChI=1S/C26H28N4O5/c1-5-35-21-10-9-15(13-22(21)34-4)24-23-19(7-6-8-20(23)31)27-26-28-25(29-30(24)26)16-11-17(32-2)14-18(12-16)33-3/h9-14,24H,5-8H2,1-4H3,(H,27,28,29). The SMILES string of the molecule is CCOc1ccc(C2C3=C(CCCC3=O)Nc3nc(-c4cc(OC)cc(OC)c4)nn32)cc1OC. The summed E-state index contributed by atoms with van der Waals surface area (Å²) >= 11 is 0. The zero-order valence-corrected chi connectivity index (χ0v) is 20.3. The molecule has 1 aromatic heterocycles. The van der Waals surface area contributed by atoms with Crippen LogP contribution in [0.2, 0.25) is 0 Å². The highest BCUT2D eigenvalue weighted by molar-refractivity contribution is 5.99. The number of nitrogens with zero attached hydrogens (tertiary/aromatic N) is 3. The van der Waals surface area contributed by atoms with Gasteiger partial charge in [0.2, 0.25) is 5.95 Å². The number of anilines is 1. The summed E-state index contributed by atoms with van der Waals surface area (Å²) in [6, 6.07) is 10.8. The second-order valence-electron chi connectivity index (χ2n) is 8.34. The van der Waals surface area contributed by atoms with Gasteiger partial charge in [0.1, 0.15) is 17.5 Å². The van der Waals surface area contributed by atoms with Gasteiger partial charge < -0.3 is 24.3 Å². The van der Waals surface area contributed by atoms with E-state index in [2.05, 4.69) is 5.32 Å². The molecule has 0 bridgehead atoms. The summed E-state index contributed by atoms with van der Waals surface area (Å²) in [5.74, 6) is 3.73. The van der Waals surface area contributed by atoms with E-state index >= 15 is 0 Å². The van der Waals surface area contributed by atoms with Crippen LogP contribution < -0.4 is 24.3 Å². The van der Waals surface area contributed by atoms with Crippen molar-refractivity contribution in [3.63, 3.8) is 0 Å². The zero-order valence-electron chi connectivity index (χ0n) is 20.3. The number of aromatic nitrogens is 3. The molecule has 0 saturated carbocycles. The van der Waals surface area contributed by atoms with Crippen LogP contribution in [0, 0.1) is 0 Å². The van der Waals surface area contributed by atoms with Crippen molar-refractivity contribution in [2.75, 3.05) is 33.3 Å². The Kier molecular flexibility index (Phi) is 6.07. The number of Topliss-reactive ketones (excluding diaryl/α,β-unsaturated/α-hetero) is 1. The van der Waals surface area contributed by atoms with E-state index in [-0.39, 0.29) is 5.78 Å². The molecule has 2 heterocycles. The Morgan fingerprint density at radius 3 is 2.46 bits per heavy atom. The third-order valence-corrected chi connectivity index (χ3v) is 6.28. The highest BCUT2D eigenvalue weighted by Crippen LogP contribution is 2.43. The van der Waals surface area contributed by atoms with Crippen molar-refractivity contribution in [1.29, 1.82) is 0 Å². The first-order chi connectivity index (χ1) is 17.1. The molecule has 5 rings (SSSR count). The van der Waals surface area contributed by atoms with Crippen molar-refractivity contribution >= 4 is 11.7 Å². The number of hydrogen-bond acceptors (Lipinski definition) is 8. The number of ketones is 1. The summed E-state index contributed by atoms with van der Waals surface area (Å²) in [5.41, 5.74) is 3.23. The number of carbonyl (C=O) groups is 1. The third-order valence-electron chi connectivity index (χ3n) is 6.28. The quantitative estimate of drug-likeness (QED) is 0.536. The molecule has 182 valence electrons. The van der Waals surface area contributed by atoms with Gasteiger partial charge in [-0.05, 0) is 49.6 Å². The number of fused-ring (bicyclic) bond motifs is 1. The smallest absolute Gasteiger partial charge is 0.226 e. The van der Waals surface area contributed by atoms with Gasteiger partial charge in [-0.15, -0.1) is 5.10 Å². The summed E-state index contributed by atoms with van der Waals surface area (Å²) < 4.78 is 23.9. The van der Waals surface area contributed by atoms with Crippen LogP contribution in [0.1, 0.15) is 37.8 Å². The van der Waals surface area contributed by atoms with E-state index in [1.165, 1.54) is 0 Å². The average molecular weight is 477 g/mol. The van der Waals surface area contributed by atoms with Crippen LogP contribution in [0.4, 0.5) is 5.95 Å². The first-order valence-corrected chi connectivity index (χ1v) is 11.6. The predicted octanol–water partition coefficient (Wildman–Crippen LogP) is 4.39. The van der Waals surface area contributed by atoms with Gasteiger partial charge in [0, 0.05) is 29.3 Å². The molecule has 2 aromatic carbocycles. The summed E-state index contributed by atoms with van der Waals surface area (Å²) in [6.45, 7) is 2.45. The van der Waals surface area contributed by atoms with Crippen molar-refractivity contribution in [3.8, 4) is 34.4 Å². The summed E-state index contributed by atoms with van der Waals surface area (Å²) in [5, 5.41) is 8.21. The number of rotatable bonds is 7. The maximum atomic E-state index is 13.1. The first-order valence-electron chi connectivity index (χ1n) is 11.6. The minimum atomic E-state index is -0.438. The molecule has 0 saturated heterocycles. The van der Waals surface area contributed by atoms with E-state index in [0.717, 1.165) is 35.2 Å². The second-order valence-corrected chi connectivity index (χ2v) is 8.34. The number of ether oxygens (including phenoxy) is 4. The minimum absolute atomic E-state index is 0.113. The Balaban J connectivity index is 1.65. The van der Waals surface area contributed by atoms with E-state index in [9.17, 15) is 4.79 Å². The van der Waals surface area contributed by atoms with E-state index in [4.69, 9.17) is 29.0 Å². The molecule has 9 nitrogen and oxygen atoms in total. The van der Waals surface area contributed by atoms with Crippen molar-refractivity contribution < 1.29 is 23.7 Å². The molecule has 9 heteroatoms. The van der Waals surface area contributed by atoms with E-state index < -0.39 is 6.04 Å². The van der Waals surface area contributed by atoms with Gasteiger partial charge in [0.25, 0.3) is 0 Å². The van der Waals surface area contributed by atoms with Gasteiger partial charge in [-0.1, -0.05) is 6.07 Å². The van der Waals surface area contributed by atoms with Gasteiger partial charge in [-0.3, -0.25) is 4.79 Å². The number of benzene rings is 2. The van der Waals surface area contributed by atoms with Crippen LogP contribution >= 0.6 is 0 Å². The lowest BCUT2D eigenvalue weighted by Gasteiger charge is -2.32. The van der Waals surface area contributed by atoms with Crippen LogP contribution in [0.3, 0.4) is 0 Å². The number of carbonyl (C=O) groups excluding carboxylic acids is 1. The molecule has 35 heavy (non-hydrogen) atoms. The summed E-state index contributed by atoms with van der Waals surface area (Å²) in [4.78, 5) is 17.9. The largest absolute Gasteiger partial charge is 0.497 e. The van der Waals surface area contributed by atoms with Crippen molar-refractivity contribution in [1.82, 2.24) is 14.8 Å². The second kappa shape index (κ2) is 9.32. The Hall–Kier alpha value is -4.01. The van der Waals surface area contributed by atoms with Gasteiger partial charge in [0.15, 0.2) is 23.1 Å². The number of nitrogens with one attached hydrogen (secondary N) is 1. The van der Waals surface area contributed by atoms with Crippen LogP contribution in [0.25, 0.3) is 11.4 Å². The molecule has 2 aliphatic rings. The molecule has 1 N–H and O–H groups in total. The fraction of sp³-hybridized carbons (Fsp3) is 0.346. The minimum Gasteiger partial charge on any atom is -0.497 e. The fourth-order valence-corrected chi connectivity index (χ4v) is 4.65. The van der Waals surface area contributed by atoms with E-state index in [0.29, 0.717) is 47.8 Å². The topological polar surface area (TPSA) is 96.7 Å². The van der Waals surface area contributed by atoms with Crippen LogP contribution in [0.5, 0.6) is 23.0 Å². The van der Waals surface area contributed by atoms with Crippen molar-refractivity contribution in [3.05, 3.63) is 53.2 Å². The fourth-order valence-electron chi connectivity index (χ4n) is 4.65. The number of hydrogen-bond donors (Lipinski definition) is 1. The van der Waals surface area contributed by atoms with Gasteiger partial charge in [-0.25, -0.2) is 4.68 Å². The van der Waals surface area contributed by atoms with Gasteiger partial charge >= 0.3 is 0 Å². The molecular weight excluding hydrogens is 448 g/mol. The maximum absolute atomic E-state index is 13.1. The Morgan fingerprint density at radius 2 is 1.77 bits per heavy atom. The molecule has 3 aromatic rings. The Bertz CT molecular complexity index is 1290. The Labute approximate surface area is 203 Å². The van der Waals surface area contributed by atoms with Crippen LogP contribution in [0.15, 0.2) is 47.7 Å². The molecule has 1 aliphatic carbocycles. The average Bonchev–Trinajstić information content (AvgIpc) is 3.31. The zero-order chi connectivity index (χ0) is 24.5. The maximum Gasteiger partial charge on any atom is 0.226 e. The molecular formula is C26H28N4O5. The number of methoxy groups -OCH3 is 3. The van der Waals surface area contributed by atoms with Crippen LogP contribution in [-0.2, 0) is 4.79 Å². The molecule has 1 atom stereocenters. The normalized spacial score (nSPS) is 16.8. The lowest BCUT2D eigenvalue weighted by atomic mass is 9.85. The molecule has 0 fully saturated rings. The third kappa shape index (κ3) is 4.07. The highest BCUT2D eigenvalue weighted by atomic mass is 16.5. The first kappa shape index (κ1) is 22.8. The van der Waals surface area contributed by atoms with Crippen molar-refractivity contribution in [2.45, 2.75) is 32.2 Å². The summed E-state index contributed by atoms with van der Waals surface area (Å²) in [6.07, 6.45) is 2.09. The van der Waals surface area contributed by atoms with Crippen molar-refractivity contribution in [2.24, 2.45) is 0 Å². The van der Waals surface area contributed by atoms with Gasteiger partial charge in [-0.2, -0.15) is 4.98 Å². The lowest BCUT2D eigenvalue weighted by Crippen LogP contribution is -2.31. The number of allylic oxidation sites excluding steroid dienone is 2.